The maximum absolute atomic E-state index is 4.63. The van der Waals surface area contributed by atoms with Crippen LogP contribution in [-0.2, 0) is 0 Å². The molecule has 0 spiro atoms. The van der Waals surface area contributed by atoms with Gasteiger partial charge in [0.2, 0.25) is 0 Å². The highest BCUT2D eigenvalue weighted by molar-refractivity contribution is 14.1. The van der Waals surface area contributed by atoms with Crippen LogP contribution in [0.3, 0.4) is 0 Å². The molecule has 1 unspecified atom stereocenters. The van der Waals surface area contributed by atoms with Gasteiger partial charge < -0.3 is 5.32 Å². The van der Waals surface area contributed by atoms with Gasteiger partial charge in [-0.05, 0) is 48.0 Å². The van der Waals surface area contributed by atoms with Crippen molar-refractivity contribution in [3.05, 3.63) is 33.7 Å². The Labute approximate surface area is 120 Å². The van der Waals surface area contributed by atoms with Crippen molar-refractivity contribution >= 4 is 22.6 Å². The molecule has 1 saturated heterocycles. The third-order valence-electron chi connectivity index (χ3n) is 3.26. The average Bonchev–Trinajstić information content (AvgIpc) is 2.90. The molecule has 0 saturated carbocycles. The summed E-state index contributed by atoms with van der Waals surface area (Å²) in [7, 11) is 0. The number of rotatable bonds is 2. The lowest BCUT2D eigenvalue weighted by Crippen LogP contribution is -2.27. The van der Waals surface area contributed by atoms with Crippen molar-refractivity contribution in [1.29, 1.82) is 0 Å². The number of aromatic amines is 1. The largest absolute Gasteiger partial charge is 0.307 e. The van der Waals surface area contributed by atoms with Crippen molar-refractivity contribution in [1.82, 2.24) is 20.5 Å². The first-order valence-electron chi connectivity index (χ1n) is 6.25. The highest BCUT2D eigenvalue weighted by Gasteiger charge is 2.19. The van der Waals surface area contributed by atoms with Gasteiger partial charge in [-0.15, -0.1) is 0 Å². The van der Waals surface area contributed by atoms with Gasteiger partial charge in [0, 0.05) is 9.13 Å². The second-order valence-electron chi connectivity index (χ2n) is 4.53. The molecule has 0 amide bonds. The van der Waals surface area contributed by atoms with Crippen LogP contribution < -0.4 is 5.32 Å². The van der Waals surface area contributed by atoms with Crippen LogP contribution >= 0.6 is 22.6 Å². The molecule has 1 aliphatic heterocycles. The molecule has 94 valence electrons. The Kier molecular flexibility index (Phi) is 3.60. The number of benzene rings is 1. The summed E-state index contributed by atoms with van der Waals surface area (Å²) in [5, 5.41) is 10.9. The Morgan fingerprint density at radius 1 is 1.22 bits per heavy atom. The molecule has 2 aromatic rings. The van der Waals surface area contributed by atoms with E-state index in [4.69, 9.17) is 0 Å². The van der Waals surface area contributed by atoms with Crippen molar-refractivity contribution in [2.75, 3.05) is 6.54 Å². The Morgan fingerprint density at radius 2 is 2.11 bits per heavy atom. The molecule has 1 aliphatic rings. The first kappa shape index (κ1) is 12.1. The van der Waals surface area contributed by atoms with E-state index in [2.05, 4.69) is 55.2 Å². The summed E-state index contributed by atoms with van der Waals surface area (Å²) in [4.78, 5) is 4.63. The lowest BCUT2D eigenvalue weighted by molar-refractivity contribution is 0.398. The number of H-pyrrole nitrogens is 1. The van der Waals surface area contributed by atoms with Gasteiger partial charge in [0.05, 0.1) is 6.04 Å². The summed E-state index contributed by atoms with van der Waals surface area (Å²) in [6, 6.07) is 8.52. The van der Waals surface area contributed by atoms with Crippen LogP contribution in [0.15, 0.2) is 24.3 Å². The minimum atomic E-state index is 0.335. The standard InChI is InChI=1S/C13H15IN4/c14-10-6-2-1-5-9(10)12-16-13(18-17-12)11-7-3-4-8-15-11/h1-2,5-6,11,15H,3-4,7-8H2,(H,16,17,18). The van der Waals surface area contributed by atoms with Gasteiger partial charge in [-0.25, -0.2) is 4.98 Å². The Bertz CT molecular complexity index is 531. The molecule has 0 bridgehead atoms. The SMILES string of the molecule is Ic1ccccc1-c1n[nH]c(C2CCCCN2)n1. The van der Waals surface area contributed by atoms with Crippen LogP contribution in [0.1, 0.15) is 31.1 Å². The highest BCUT2D eigenvalue weighted by Crippen LogP contribution is 2.25. The molecule has 0 aliphatic carbocycles. The summed E-state index contributed by atoms with van der Waals surface area (Å²) < 4.78 is 1.18. The summed E-state index contributed by atoms with van der Waals surface area (Å²) in [6.45, 7) is 1.07. The fourth-order valence-electron chi connectivity index (χ4n) is 2.28. The quantitative estimate of drug-likeness (QED) is 0.816. The van der Waals surface area contributed by atoms with E-state index in [1.54, 1.807) is 0 Å². The van der Waals surface area contributed by atoms with Gasteiger partial charge in [0.15, 0.2) is 5.82 Å². The molecule has 2 N–H and O–H groups in total. The van der Waals surface area contributed by atoms with E-state index < -0.39 is 0 Å². The molecular formula is C13H15IN4. The van der Waals surface area contributed by atoms with E-state index in [0.29, 0.717) is 6.04 Å². The summed E-state index contributed by atoms with van der Waals surface area (Å²) in [5.41, 5.74) is 1.09. The second-order valence-corrected chi connectivity index (χ2v) is 5.69. The molecule has 1 aromatic heterocycles. The zero-order valence-electron chi connectivity index (χ0n) is 9.99. The lowest BCUT2D eigenvalue weighted by atomic mass is 10.0. The number of nitrogens with one attached hydrogen (secondary N) is 2. The van der Waals surface area contributed by atoms with E-state index in [0.717, 1.165) is 30.2 Å². The van der Waals surface area contributed by atoms with E-state index in [1.807, 2.05) is 12.1 Å². The molecule has 5 heteroatoms. The number of nitrogens with zero attached hydrogens (tertiary/aromatic N) is 2. The number of aromatic nitrogens is 3. The number of hydrogen-bond donors (Lipinski definition) is 2. The fraction of sp³-hybridized carbons (Fsp3) is 0.385. The van der Waals surface area contributed by atoms with Crippen LogP contribution in [0.25, 0.3) is 11.4 Å². The van der Waals surface area contributed by atoms with E-state index >= 15 is 0 Å². The third kappa shape index (κ3) is 2.42. The van der Waals surface area contributed by atoms with Crippen LogP contribution in [0.5, 0.6) is 0 Å². The molecule has 1 aromatic carbocycles. The van der Waals surface area contributed by atoms with Crippen molar-refractivity contribution in [3.63, 3.8) is 0 Å². The first-order chi connectivity index (χ1) is 8.84. The lowest BCUT2D eigenvalue weighted by Gasteiger charge is -2.20. The van der Waals surface area contributed by atoms with Gasteiger partial charge in [0.25, 0.3) is 0 Å². The van der Waals surface area contributed by atoms with Gasteiger partial charge in [-0.3, -0.25) is 5.10 Å². The molecule has 18 heavy (non-hydrogen) atoms. The van der Waals surface area contributed by atoms with Crippen LogP contribution in [-0.4, -0.2) is 21.7 Å². The van der Waals surface area contributed by atoms with Crippen molar-refractivity contribution < 1.29 is 0 Å². The van der Waals surface area contributed by atoms with Gasteiger partial charge in [0.1, 0.15) is 5.82 Å². The molecule has 1 atom stereocenters. The normalized spacial score (nSPS) is 19.9. The Morgan fingerprint density at radius 3 is 2.89 bits per heavy atom. The number of hydrogen-bond acceptors (Lipinski definition) is 3. The summed E-state index contributed by atoms with van der Waals surface area (Å²) in [6.07, 6.45) is 3.66. The van der Waals surface area contributed by atoms with Crippen LogP contribution in [0, 0.1) is 3.57 Å². The molecule has 3 rings (SSSR count). The third-order valence-corrected chi connectivity index (χ3v) is 4.20. The molecule has 4 nitrogen and oxygen atoms in total. The minimum absolute atomic E-state index is 0.335. The zero-order chi connectivity index (χ0) is 12.4. The van der Waals surface area contributed by atoms with Gasteiger partial charge in [-0.1, -0.05) is 24.6 Å². The zero-order valence-corrected chi connectivity index (χ0v) is 12.1. The molecule has 1 fully saturated rings. The van der Waals surface area contributed by atoms with E-state index in [-0.39, 0.29) is 0 Å². The maximum Gasteiger partial charge on any atom is 0.182 e. The fourth-order valence-corrected chi connectivity index (χ4v) is 2.91. The Hall–Kier alpha value is -0.950. The highest BCUT2D eigenvalue weighted by atomic mass is 127. The summed E-state index contributed by atoms with van der Waals surface area (Å²) in [5.74, 6) is 1.76. The van der Waals surface area contributed by atoms with Gasteiger partial charge >= 0.3 is 0 Å². The maximum atomic E-state index is 4.63. The number of piperidine rings is 1. The van der Waals surface area contributed by atoms with E-state index in [1.165, 1.54) is 16.4 Å². The molecular weight excluding hydrogens is 339 g/mol. The van der Waals surface area contributed by atoms with Crippen molar-refractivity contribution in [3.8, 4) is 11.4 Å². The minimum Gasteiger partial charge on any atom is -0.307 e. The predicted molar refractivity (Wildman–Crippen MR) is 79.1 cm³/mol. The van der Waals surface area contributed by atoms with Crippen molar-refractivity contribution in [2.24, 2.45) is 0 Å². The topological polar surface area (TPSA) is 53.6 Å². The number of halogens is 1. The average molecular weight is 354 g/mol. The first-order valence-corrected chi connectivity index (χ1v) is 7.33. The van der Waals surface area contributed by atoms with Crippen molar-refractivity contribution in [2.45, 2.75) is 25.3 Å². The monoisotopic (exact) mass is 354 g/mol. The second kappa shape index (κ2) is 5.36. The van der Waals surface area contributed by atoms with E-state index in [9.17, 15) is 0 Å². The molecule has 2 heterocycles. The van der Waals surface area contributed by atoms with Gasteiger partial charge in [-0.2, -0.15) is 5.10 Å². The van der Waals surface area contributed by atoms with Crippen LogP contribution in [0.2, 0.25) is 0 Å². The molecule has 0 radical (unpaired) electrons. The van der Waals surface area contributed by atoms with Crippen LogP contribution in [0.4, 0.5) is 0 Å². The predicted octanol–water partition coefficient (Wildman–Crippen LogP) is 2.89. The smallest absolute Gasteiger partial charge is 0.182 e. The summed E-state index contributed by atoms with van der Waals surface area (Å²) >= 11 is 2.32. The Balaban J connectivity index is 1.87.